The summed E-state index contributed by atoms with van der Waals surface area (Å²) in [5, 5.41) is 12.7. The number of carboxylic acids is 1. The molecule has 0 aliphatic carbocycles. The lowest BCUT2D eigenvalue weighted by molar-refractivity contribution is -0.698. The highest BCUT2D eigenvalue weighted by Gasteiger charge is 2.19. The third-order valence-electron chi connectivity index (χ3n) is 3.27. The molecule has 0 aliphatic rings. The average molecular weight is 287 g/mol. The van der Waals surface area contributed by atoms with Crippen LogP contribution in [0.4, 0.5) is 0 Å². The van der Waals surface area contributed by atoms with E-state index < -0.39 is 12.0 Å². The van der Waals surface area contributed by atoms with E-state index in [9.17, 15) is 14.7 Å². The number of carbonyl (C=O) groups is 2. The zero-order valence-electron chi connectivity index (χ0n) is 11.7. The van der Waals surface area contributed by atoms with E-state index in [1.807, 2.05) is 19.1 Å². The summed E-state index contributed by atoms with van der Waals surface area (Å²) in [7, 11) is 0. The number of Topliss-reactive ketones (excluding diaryl/α,β-unsaturated/α-hetero) is 1. The van der Waals surface area contributed by atoms with Crippen LogP contribution < -0.4 is 10.4 Å². The second-order valence-electron chi connectivity index (χ2n) is 4.94. The van der Waals surface area contributed by atoms with Crippen LogP contribution in [-0.2, 0) is 11.3 Å². The van der Waals surface area contributed by atoms with E-state index in [4.69, 9.17) is 4.42 Å². The van der Waals surface area contributed by atoms with Gasteiger partial charge < -0.3 is 19.6 Å². The summed E-state index contributed by atoms with van der Waals surface area (Å²) < 4.78 is 5.14. The summed E-state index contributed by atoms with van der Waals surface area (Å²) in [5.41, 5.74) is 1.56. The van der Waals surface area contributed by atoms with Crippen molar-refractivity contribution >= 4 is 11.8 Å². The standard InChI is InChI=1S/C16H17NO4/c1-11-4-6-12(7-5-11)15(18)9-14(16(19)20)17-10-13-3-2-8-21-13/h2-8,14,17H,9-10H2,1H3,(H,19,20)/t14-/m0/s1. The quantitative estimate of drug-likeness (QED) is 0.729. The van der Waals surface area contributed by atoms with E-state index in [1.54, 1.807) is 29.6 Å². The summed E-state index contributed by atoms with van der Waals surface area (Å²) in [6.07, 6.45) is 1.42. The fraction of sp³-hybridized carbons (Fsp3) is 0.250. The first-order valence-electron chi connectivity index (χ1n) is 6.72. The Morgan fingerprint density at radius 1 is 1.24 bits per heavy atom. The van der Waals surface area contributed by atoms with Gasteiger partial charge in [0, 0.05) is 5.56 Å². The SMILES string of the molecule is Cc1ccc(C(=O)C[C@H]([NH2+]Cc2ccco2)C(=O)[O-])cc1. The van der Waals surface area contributed by atoms with Crippen molar-refractivity contribution in [2.45, 2.75) is 25.9 Å². The minimum atomic E-state index is -1.25. The van der Waals surface area contributed by atoms with Crippen molar-refractivity contribution in [2.75, 3.05) is 0 Å². The molecule has 5 heteroatoms. The van der Waals surface area contributed by atoms with E-state index in [-0.39, 0.29) is 12.2 Å². The number of rotatable bonds is 7. The Hall–Kier alpha value is -2.40. The van der Waals surface area contributed by atoms with Crippen LogP contribution in [0, 0.1) is 6.92 Å². The van der Waals surface area contributed by atoms with Gasteiger partial charge >= 0.3 is 0 Å². The minimum absolute atomic E-state index is 0.105. The van der Waals surface area contributed by atoms with Crippen LogP contribution >= 0.6 is 0 Å². The van der Waals surface area contributed by atoms with Gasteiger partial charge in [0.05, 0.1) is 18.7 Å². The third kappa shape index (κ3) is 4.29. The van der Waals surface area contributed by atoms with Gasteiger partial charge in [-0.3, -0.25) is 4.79 Å². The lowest BCUT2D eigenvalue weighted by atomic mass is 10.0. The van der Waals surface area contributed by atoms with Crippen LogP contribution in [0.1, 0.15) is 28.1 Å². The van der Waals surface area contributed by atoms with Crippen molar-refractivity contribution in [1.82, 2.24) is 0 Å². The molecule has 1 heterocycles. The molecule has 0 unspecified atom stereocenters. The van der Waals surface area contributed by atoms with Crippen molar-refractivity contribution in [3.05, 3.63) is 59.5 Å². The number of nitrogens with two attached hydrogens (primary N) is 1. The highest BCUT2D eigenvalue weighted by Crippen LogP contribution is 2.07. The Balaban J connectivity index is 1.97. The smallest absolute Gasteiger partial charge is 0.169 e. The van der Waals surface area contributed by atoms with E-state index in [0.717, 1.165) is 5.56 Å². The molecule has 0 saturated heterocycles. The number of hydrogen-bond donors (Lipinski definition) is 1. The highest BCUT2D eigenvalue weighted by molar-refractivity contribution is 5.98. The first-order chi connectivity index (χ1) is 10.1. The lowest BCUT2D eigenvalue weighted by Crippen LogP contribution is -2.92. The third-order valence-corrected chi connectivity index (χ3v) is 3.27. The number of benzene rings is 1. The topological polar surface area (TPSA) is 87.0 Å². The number of aryl methyl sites for hydroxylation is 1. The molecule has 0 aliphatic heterocycles. The molecule has 0 spiro atoms. The number of quaternary nitrogens is 1. The fourth-order valence-corrected chi connectivity index (χ4v) is 2.01. The Bertz CT molecular complexity index is 602. The van der Waals surface area contributed by atoms with E-state index in [1.165, 1.54) is 6.26 Å². The fourth-order valence-electron chi connectivity index (χ4n) is 2.01. The molecule has 5 nitrogen and oxygen atoms in total. The van der Waals surface area contributed by atoms with E-state index in [2.05, 4.69) is 0 Å². The molecule has 1 aromatic carbocycles. The Kier molecular flexibility index (Phi) is 4.90. The van der Waals surface area contributed by atoms with Gasteiger partial charge in [-0.1, -0.05) is 29.8 Å². The Labute approximate surface area is 122 Å². The first kappa shape index (κ1) is 15.0. The van der Waals surface area contributed by atoms with Crippen molar-refractivity contribution < 1.29 is 24.4 Å². The van der Waals surface area contributed by atoms with E-state index in [0.29, 0.717) is 17.9 Å². The highest BCUT2D eigenvalue weighted by atomic mass is 16.4. The van der Waals surface area contributed by atoms with Gasteiger partial charge in [0.15, 0.2) is 11.5 Å². The van der Waals surface area contributed by atoms with Gasteiger partial charge in [-0.05, 0) is 19.1 Å². The summed E-state index contributed by atoms with van der Waals surface area (Å²) in [5.74, 6) is -0.800. The summed E-state index contributed by atoms with van der Waals surface area (Å²) in [6, 6.07) is 9.62. The van der Waals surface area contributed by atoms with Crippen molar-refractivity contribution in [3.63, 3.8) is 0 Å². The zero-order chi connectivity index (χ0) is 15.2. The maximum absolute atomic E-state index is 12.1. The zero-order valence-corrected chi connectivity index (χ0v) is 11.7. The van der Waals surface area contributed by atoms with Crippen molar-refractivity contribution in [1.29, 1.82) is 0 Å². The summed E-state index contributed by atoms with van der Waals surface area (Å²) >= 11 is 0. The molecule has 0 bridgehead atoms. The molecule has 0 saturated carbocycles. The van der Waals surface area contributed by atoms with Gasteiger partial charge in [-0.15, -0.1) is 0 Å². The van der Waals surface area contributed by atoms with Crippen LogP contribution in [0.25, 0.3) is 0 Å². The van der Waals surface area contributed by atoms with Crippen molar-refractivity contribution in [3.8, 4) is 0 Å². The van der Waals surface area contributed by atoms with Gasteiger partial charge in [0.2, 0.25) is 0 Å². The number of hydrogen-bond acceptors (Lipinski definition) is 4. The Morgan fingerprint density at radius 2 is 1.95 bits per heavy atom. The monoisotopic (exact) mass is 287 g/mol. The maximum Gasteiger partial charge on any atom is 0.169 e. The van der Waals surface area contributed by atoms with Crippen LogP contribution in [0.2, 0.25) is 0 Å². The van der Waals surface area contributed by atoms with Gasteiger partial charge in [0.1, 0.15) is 12.6 Å². The predicted molar refractivity (Wildman–Crippen MR) is 73.3 cm³/mol. The van der Waals surface area contributed by atoms with Crippen LogP contribution in [-0.4, -0.2) is 17.8 Å². The largest absolute Gasteiger partial charge is 0.544 e. The molecule has 1 atom stereocenters. The number of carboxylic acid groups (broad SMARTS) is 1. The van der Waals surface area contributed by atoms with Crippen LogP contribution in [0.15, 0.2) is 47.1 Å². The molecule has 110 valence electrons. The normalized spacial score (nSPS) is 12.0. The maximum atomic E-state index is 12.1. The number of ketones is 1. The number of furan rings is 1. The first-order valence-corrected chi connectivity index (χ1v) is 6.72. The molecule has 2 rings (SSSR count). The van der Waals surface area contributed by atoms with Crippen molar-refractivity contribution in [2.24, 2.45) is 0 Å². The van der Waals surface area contributed by atoms with Crippen LogP contribution in [0.5, 0.6) is 0 Å². The van der Waals surface area contributed by atoms with Gasteiger partial charge in [-0.25, -0.2) is 0 Å². The molecule has 0 fully saturated rings. The summed E-state index contributed by atoms with van der Waals surface area (Å²) in [6.45, 7) is 2.28. The molecule has 0 radical (unpaired) electrons. The second-order valence-corrected chi connectivity index (χ2v) is 4.94. The second kappa shape index (κ2) is 6.85. The minimum Gasteiger partial charge on any atom is -0.544 e. The summed E-state index contributed by atoms with van der Waals surface area (Å²) in [4.78, 5) is 23.3. The molecule has 2 N–H and O–H groups in total. The van der Waals surface area contributed by atoms with Crippen LogP contribution in [0.3, 0.4) is 0 Å². The van der Waals surface area contributed by atoms with Gasteiger partial charge in [-0.2, -0.15) is 0 Å². The van der Waals surface area contributed by atoms with E-state index >= 15 is 0 Å². The number of aliphatic carboxylic acids is 1. The van der Waals surface area contributed by atoms with Gasteiger partial charge in [0.25, 0.3) is 0 Å². The molecular weight excluding hydrogens is 270 g/mol. The Morgan fingerprint density at radius 3 is 2.52 bits per heavy atom. The average Bonchev–Trinajstić information content (AvgIpc) is 2.96. The number of carbonyl (C=O) groups excluding carboxylic acids is 2. The lowest BCUT2D eigenvalue weighted by Gasteiger charge is -2.15. The molecule has 1 aromatic heterocycles. The molecule has 21 heavy (non-hydrogen) atoms. The predicted octanol–water partition coefficient (Wildman–Crippen LogP) is 0.0429. The molecule has 0 amide bonds. The molecular formula is C16H17NO4. The molecule has 2 aromatic rings.